The molecule has 1 amide bonds. The lowest BCUT2D eigenvalue weighted by molar-refractivity contribution is -0.141. The number of aromatic nitrogens is 1. The topological polar surface area (TPSA) is 42.0 Å². The summed E-state index contributed by atoms with van der Waals surface area (Å²) in [5, 5.41) is 2.61. The van der Waals surface area contributed by atoms with Crippen LogP contribution in [0.3, 0.4) is 0 Å². The molecule has 1 unspecified atom stereocenters. The van der Waals surface area contributed by atoms with Gasteiger partial charge in [0.25, 0.3) is 5.91 Å². The number of nitrogens with zero attached hydrogens (tertiary/aromatic N) is 1. The lowest BCUT2D eigenvalue weighted by atomic mass is 10.0. The number of carbonyl (C=O) groups excluding carboxylic acids is 1. The van der Waals surface area contributed by atoms with Crippen LogP contribution in [0, 0.1) is 19.3 Å². The minimum absolute atomic E-state index is 0.177. The molecule has 0 aromatic carbocycles. The van der Waals surface area contributed by atoms with Crippen LogP contribution in [0.4, 0.5) is 13.2 Å². The van der Waals surface area contributed by atoms with Gasteiger partial charge in [-0.05, 0) is 20.3 Å². The third kappa shape index (κ3) is 3.47. The SMILES string of the molecule is C#CC(C)(CC)NC(=O)c1sc(C)nc1C(F)(F)F. The van der Waals surface area contributed by atoms with E-state index in [-0.39, 0.29) is 5.01 Å². The molecular weight excluding hydrogens is 277 g/mol. The molecule has 0 bridgehead atoms. The van der Waals surface area contributed by atoms with E-state index >= 15 is 0 Å². The minimum atomic E-state index is -4.66. The van der Waals surface area contributed by atoms with Crippen molar-refractivity contribution in [2.75, 3.05) is 0 Å². The van der Waals surface area contributed by atoms with Gasteiger partial charge in [0.05, 0.1) is 10.5 Å². The normalized spacial score (nSPS) is 14.6. The first-order valence-corrected chi connectivity index (χ1v) is 6.29. The zero-order chi connectivity index (χ0) is 14.8. The molecule has 0 saturated heterocycles. The van der Waals surface area contributed by atoms with E-state index in [0.29, 0.717) is 17.8 Å². The summed E-state index contributed by atoms with van der Waals surface area (Å²) in [6, 6.07) is 0. The third-order valence-corrected chi connectivity index (χ3v) is 3.59. The molecule has 1 atom stereocenters. The van der Waals surface area contributed by atoms with Gasteiger partial charge in [-0.1, -0.05) is 12.8 Å². The number of thiazole rings is 1. The first kappa shape index (κ1) is 15.5. The van der Waals surface area contributed by atoms with E-state index in [9.17, 15) is 18.0 Å². The zero-order valence-corrected chi connectivity index (χ0v) is 11.5. The fraction of sp³-hybridized carbons (Fsp3) is 0.500. The molecule has 1 rings (SSSR count). The molecule has 0 saturated carbocycles. The predicted molar refractivity (Wildman–Crippen MR) is 66.8 cm³/mol. The summed E-state index contributed by atoms with van der Waals surface area (Å²) in [5.74, 6) is 1.52. The molecule has 19 heavy (non-hydrogen) atoms. The van der Waals surface area contributed by atoms with Crippen molar-refractivity contribution in [3.05, 3.63) is 15.6 Å². The van der Waals surface area contributed by atoms with Crippen molar-refractivity contribution in [2.24, 2.45) is 0 Å². The highest BCUT2D eigenvalue weighted by Gasteiger charge is 2.40. The van der Waals surface area contributed by atoms with Gasteiger partial charge in [0.15, 0.2) is 5.69 Å². The van der Waals surface area contributed by atoms with Crippen LogP contribution in [0.15, 0.2) is 0 Å². The number of rotatable bonds is 3. The first-order valence-electron chi connectivity index (χ1n) is 5.48. The van der Waals surface area contributed by atoms with Crippen LogP contribution < -0.4 is 5.32 Å². The Labute approximate surface area is 113 Å². The number of aryl methyl sites for hydroxylation is 1. The quantitative estimate of drug-likeness (QED) is 0.870. The molecule has 3 nitrogen and oxygen atoms in total. The number of hydrogen-bond acceptors (Lipinski definition) is 3. The maximum Gasteiger partial charge on any atom is 0.435 e. The van der Waals surface area contributed by atoms with Crippen LogP contribution >= 0.6 is 11.3 Å². The summed E-state index contributed by atoms with van der Waals surface area (Å²) in [4.78, 5) is 14.8. The molecule has 104 valence electrons. The molecule has 1 N–H and O–H groups in total. The van der Waals surface area contributed by atoms with Crippen LogP contribution in [-0.2, 0) is 6.18 Å². The van der Waals surface area contributed by atoms with Crippen LogP contribution in [0.5, 0.6) is 0 Å². The van der Waals surface area contributed by atoms with Gasteiger partial charge in [-0.3, -0.25) is 4.79 Å². The Balaban J connectivity index is 3.12. The summed E-state index contributed by atoms with van der Waals surface area (Å²) in [6.07, 6.45) is 1.03. The zero-order valence-electron chi connectivity index (χ0n) is 10.7. The van der Waals surface area contributed by atoms with Gasteiger partial charge < -0.3 is 5.32 Å². The summed E-state index contributed by atoms with van der Waals surface area (Å²) >= 11 is 0.699. The highest BCUT2D eigenvalue weighted by Crippen LogP contribution is 2.34. The molecule has 0 aliphatic carbocycles. The van der Waals surface area contributed by atoms with Crippen LogP contribution in [0.1, 0.15) is 40.6 Å². The maximum atomic E-state index is 12.7. The van der Waals surface area contributed by atoms with Crippen molar-refractivity contribution in [3.63, 3.8) is 0 Å². The number of carbonyl (C=O) groups is 1. The number of amides is 1. The Bertz CT molecular complexity index is 530. The van der Waals surface area contributed by atoms with Crippen LogP contribution in [0.2, 0.25) is 0 Å². The fourth-order valence-corrected chi connectivity index (χ4v) is 2.14. The summed E-state index contributed by atoms with van der Waals surface area (Å²) in [6.45, 7) is 4.73. The number of nitrogens with one attached hydrogen (secondary N) is 1. The fourth-order valence-electron chi connectivity index (χ4n) is 1.31. The van der Waals surface area contributed by atoms with Crippen molar-refractivity contribution in [3.8, 4) is 12.3 Å². The maximum absolute atomic E-state index is 12.7. The number of alkyl halides is 3. The summed E-state index contributed by atoms with van der Waals surface area (Å²) in [5.41, 5.74) is -2.14. The predicted octanol–water partition coefficient (Wildman–Crippen LogP) is 3.00. The Morgan fingerprint density at radius 2 is 2.11 bits per heavy atom. The standard InChI is InChI=1S/C12H13F3N2OS/c1-5-11(4,6-2)17-10(18)8-9(12(13,14)15)16-7(3)19-8/h1H,6H2,2-4H3,(H,17,18). The summed E-state index contributed by atoms with van der Waals surface area (Å²) in [7, 11) is 0. The molecule has 0 radical (unpaired) electrons. The Kier molecular flexibility index (Phi) is 4.25. The average Bonchev–Trinajstić information content (AvgIpc) is 2.71. The van der Waals surface area contributed by atoms with E-state index in [1.807, 2.05) is 0 Å². The smallest absolute Gasteiger partial charge is 0.335 e. The average molecular weight is 290 g/mol. The van der Waals surface area contributed by atoms with Gasteiger partial charge in [-0.15, -0.1) is 17.8 Å². The monoisotopic (exact) mass is 290 g/mol. The number of halogens is 3. The van der Waals surface area contributed by atoms with Gasteiger partial charge in [-0.2, -0.15) is 13.2 Å². The second kappa shape index (κ2) is 5.21. The Morgan fingerprint density at radius 1 is 1.53 bits per heavy atom. The van der Waals surface area contributed by atoms with E-state index in [0.717, 1.165) is 0 Å². The summed E-state index contributed by atoms with van der Waals surface area (Å²) < 4.78 is 38.2. The lowest BCUT2D eigenvalue weighted by Gasteiger charge is -2.23. The van der Waals surface area contributed by atoms with E-state index < -0.39 is 28.2 Å². The molecule has 0 spiro atoms. The van der Waals surface area contributed by atoms with Gasteiger partial charge in [0, 0.05) is 0 Å². The van der Waals surface area contributed by atoms with Gasteiger partial charge >= 0.3 is 6.18 Å². The molecule has 7 heteroatoms. The number of hydrogen-bond donors (Lipinski definition) is 1. The minimum Gasteiger partial charge on any atom is -0.335 e. The van der Waals surface area contributed by atoms with Crippen molar-refractivity contribution in [1.82, 2.24) is 10.3 Å². The van der Waals surface area contributed by atoms with Crippen LogP contribution in [0.25, 0.3) is 0 Å². The molecule has 0 aliphatic heterocycles. The lowest BCUT2D eigenvalue weighted by Crippen LogP contribution is -2.44. The number of terminal acetylenes is 1. The first-order chi connectivity index (χ1) is 8.63. The van der Waals surface area contributed by atoms with Crippen LogP contribution in [-0.4, -0.2) is 16.4 Å². The Morgan fingerprint density at radius 3 is 2.53 bits per heavy atom. The van der Waals surface area contributed by atoms with Crippen molar-refractivity contribution >= 4 is 17.2 Å². The van der Waals surface area contributed by atoms with Gasteiger partial charge in [-0.25, -0.2) is 4.98 Å². The molecule has 1 heterocycles. The van der Waals surface area contributed by atoms with E-state index in [2.05, 4.69) is 16.2 Å². The largest absolute Gasteiger partial charge is 0.435 e. The Hall–Kier alpha value is -1.55. The van der Waals surface area contributed by atoms with Crippen molar-refractivity contribution in [1.29, 1.82) is 0 Å². The van der Waals surface area contributed by atoms with E-state index in [1.165, 1.54) is 6.92 Å². The third-order valence-electron chi connectivity index (χ3n) is 2.62. The molecule has 1 aromatic rings. The highest BCUT2D eigenvalue weighted by molar-refractivity contribution is 7.13. The van der Waals surface area contributed by atoms with E-state index in [1.54, 1.807) is 13.8 Å². The molecule has 1 aromatic heterocycles. The highest BCUT2D eigenvalue weighted by atomic mass is 32.1. The van der Waals surface area contributed by atoms with E-state index in [4.69, 9.17) is 6.42 Å². The van der Waals surface area contributed by atoms with Crippen molar-refractivity contribution in [2.45, 2.75) is 38.9 Å². The second-order valence-electron chi connectivity index (χ2n) is 4.19. The molecule has 0 fully saturated rings. The molecular formula is C12H13F3N2OS. The van der Waals surface area contributed by atoms with Gasteiger partial charge in [0.1, 0.15) is 4.88 Å². The molecule has 0 aliphatic rings. The van der Waals surface area contributed by atoms with Crippen molar-refractivity contribution < 1.29 is 18.0 Å². The second-order valence-corrected chi connectivity index (χ2v) is 5.40. The van der Waals surface area contributed by atoms with Gasteiger partial charge in [0.2, 0.25) is 0 Å².